The van der Waals surface area contributed by atoms with Crippen molar-refractivity contribution in [2.75, 3.05) is 0 Å². The van der Waals surface area contributed by atoms with E-state index >= 15 is 0 Å². The molecule has 0 saturated carbocycles. The molecule has 3 heterocycles. The van der Waals surface area contributed by atoms with Crippen LogP contribution in [0.15, 0.2) is 194 Å². The second kappa shape index (κ2) is 11.7. The summed E-state index contributed by atoms with van der Waals surface area (Å²) in [6.07, 6.45) is 0. The molecular weight excluding hydrogens is 661 g/mol. The van der Waals surface area contributed by atoms with Crippen LogP contribution in [0.3, 0.4) is 0 Å². The van der Waals surface area contributed by atoms with Crippen molar-refractivity contribution in [2.24, 2.45) is 0 Å². The van der Waals surface area contributed by atoms with E-state index in [0.29, 0.717) is 0 Å². The van der Waals surface area contributed by atoms with Gasteiger partial charge in [0.15, 0.2) is 8.07 Å². The van der Waals surface area contributed by atoms with Gasteiger partial charge in [-0.1, -0.05) is 152 Å². The maximum Gasteiger partial charge on any atom is 0.434 e. The van der Waals surface area contributed by atoms with Gasteiger partial charge < -0.3 is 14.0 Å². The van der Waals surface area contributed by atoms with E-state index in [2.05, 4.69) is 199 Å². The Morgan fingerprint density at radius 1 is 0.415 bits per heavy atom. The van der Waals surface area contributed by atoms with E-state index in [4.69, 9.17) is 9.39 Å². The van der Waals surface area contributed by atoms with Gasteiger partial charge in [0.1, 0.15) is 17.2 Å². The molecule has 0 N–H and O–H groups in total. The van der Waals surface area contributed by atoms with E-state index in [1.165, 1.54) is 42.6 Å². The molecule has 53 heavy (non-hydrogen) atoms. The zero-order valence-electron chi connectivity index (χ0n) is 28.8. The first-order valence-corrected chi connectivity index (χ1v) is 20.2. The van der Waals surface area contributed by atoms with E-state index in [-0.39, 0.29) is 6.92 Å². The van der Waals surface area contributed by atoms with Gasteiger partial charge in [-0.3, -0.25) is 0 Å². The third-order valence-electron chi connectivity index (χ3n) is 11.2. The van der Waals surface area contributed by atoms with Crippen molar-refractivity contribution in [3.63, 3.8) is 0 Å². The van der Waals surface area contributed by atoms with E-state index in [0.717, 1.165) is 45.0 Å². The van der Waals surface area contributed by atoms with Gasteiger partial charge in [0.05, 0.1) is 11.0 Å². The lowest BCUT2D eigenvalue weighted by molar-refractivity contribution is 0.480. The molecule has 8 aromatic carbocycles. The highest BCUT2D eigenvalue weighted by molar-refractivity contribution is 7.20. The van der Waals surface area contributed by atoms with Gasteiger partial charge in [-0.05, 0) is 68.8 Å². The first kappa shape index (κ1) is 30.1. The first-order chi connectivity index (χ1) is 26.3. The summed E-state index contributed by atoms with van der Waals surface area (Å²) < 4.78 is 16.4. The van der Waals surface area contributed by atoms with Gasteiger partial charge in [0, 0.05) is 32.9 Å². The Bertz CT molecular complexity index is 2700. The molecule has 0 amide bonds. The second-order valence-corrected chi connectivity index (χ2v) is 17.8. The molecule has 5 heteroatoms. The van der Waals surface area contributed by atoms with Crippen LogP contribution in [0.25, 0.3) is 38.6 Å². The number of ether oxygens (including phenoxy) is 1. The minimum Gasteiger partial charge on any atom is -0.551 e. The second-order valence-electron chi connectivity index (χ2n) is 14.0. The molecule has 0 spiro atoms. The molecule has 2 aliphatic heterocycles. The van der Waals surface area contributed by atoms with Crippen molar-refractivity contribution in [3.8, 4) is 34.1 Å². The highest BCUT2D eigenvalue weighted by atomic mass is 28.3. The monoisotopic (exact) mass is 693 g/mol. The average Bonchev–Trinajstić information content (AvgIpc) is 3.57. The molecule has 248 valence electrons. The molecule has 0 bridgehead atoms. The Morgan fingerprint density at radius 3 is 1.58 bits per heavy atom. The SMILES string of the molecule is c1ccc([Si](c2ccccc2)(c2ccccc2)c2cc3c4c(c2)-c2ccccc2OB4c2cc(-n4c5ccccc5c5ccccc54)ccc2O3)cc1. The quantitative estimate of drug-likeness (QED) is 0.138. The fourth-order valence-corrected chi connectivity index (χ4v) is 13.8. The number of rotatable bonds is 5. The summed E-state index contributed by atoms with van der Waals surface area (Å²) in [7, 11) is -2.84. The number of aromatic nitrogens is 1. The third-order valence-corrected chi connectivity index (χ3v) is 16.0. The molecule has 11 rings (SSSR count). The van der Waals surface area contributed by atoms with Crippen LogP contribution in [0.4, 0.5) is 0 Å². The maximum atomic E-state index is 7.06. The molecular formula is C48H32BNO2Si. The lowest BCUT2D eigenvalue weighted by Crippen LogP contribution is -2.75. The van der Waals surface area contributed by atoms with Gasteiger partial charge in [-0.25, -0.2) is 0 Å². The van der Waals surface area contributed by atoms with Gasteiger partial charge in [0.2, 0.25) is 0 Å². The fraction of sp³-hybridized carbons (Fsp3) is 0. The minimum absolute atomic E-state index is 0.331. The number of nitrogens with zero attached hydrogens (tertiary/aromatic N) is 1. The first-order valence-electron chi connectivity index (χ1n) is 18.2. The molecule has 1 aromatic heterocycles. The Balaban J connectivity index is 1.17. The zero-order chi connectivity index (χ0) is 34.9. The number of hydrogen-bond donors (Lipinski definition) is 0. The number of hydrogen-bond acceptors (Lipinski definition) is 2. The summed E-state index contributed by atoms with van der Waals surface area (Å²) in [6, 6.07) is 70.3. The molecule has 9 aromatic rings. The molecule has 0 radical (unpaired) electrons. The Morgan fingerprint density at radius 2 is 0.962 bits per heavy atom. The topological polar surface area (TPSA) is 23.4 Å². The normalized spacial score (nSPS) is 12.8. The molecule has 0 saturated heterocycles. The third kappa shape index (κ3) is 4.41. The summed E-state index contributed by atoms with van der Waals surface area (Å²) in [4.78, 5) is 0. The lowest BCUT2D eigenvalue weighted by atomic mass is 9.51. The van der Waals surface area contributed by atoms with Crippen LogP contribution in [-0.4, -0.2) is 19.6 Å². The summed E-state index contributed by atoms with van der Waals surface area (Å²) in [6.45, 7) is -0.331. The van der Waals surface area contributed by atoms with Crippen molar-refractivity contribution in [1.29, 1.82) is 0 Å². The highest BCUT2D eigenvalue weighted by Crippen LogP contribution is 2.40. The van der Waals surface area contributed by atoms with Crippen LogP contribution in [-0.2, 0) is 0 Å². The fourth-order valence-electron chi connectivity index (χ4n) is 8.97. The van der Waals surface area contributed by atoms with Crippen molar-refractivity contribution in [3.05, 3.63) is 194 Å². The molecule has 0 unspecified atom stereocenters. The van der Waals surface area contributed by atoms with E-state index in [1.807, 2.05) is 0 Å². The summed E-state index contributed by atoms with van der Waals surface area (Å²) in [5, 5.41) is 7.73. The van der Waals surface area contributed by atoms with Crippen LogP contribution in [0.5, 0.6) is 17.2 Å². The van der Waals surface area contributed by atoms with Crippen molar-refractivity contribution < 1.29 is 9.39 Å². The zero-order valence-corrected chi connectivity index (χ0v) is 29.8. The van der Waals surface area contributed by atoms with Crippen LogP contribution >= 0.6 is 0 Å². The van der Waals surface area contributed by atoms with Crippen molar-refractivity contribution in [2.45, 2.75) is 0 Å². The maximum absolute atomic E-state index is 7.06. The van der Waals surface area contributed by atoms with Crippen LogP contribution in [0.2, 0.25) is 0 Å². The van der Waals surface area contributed by atoms with Gasteiger partial charge in [-0.2, -0.15) is 0 Å². The summed E-state index contributed by atoms with van der Waals surface area (Å²) in [5.74, 6) is 2.56. The van der Waals surface area contributed by atoms with E-state index < -0.39 is 8.07 Å². The van der Waals surface area contributed by atoms with Crippen LogP contribution < -0.4 is 41.1 Å². The molecule has 3 nitrogen and oxygen atoms in total. The number of fused-ring (bicyclic) bond motifs is 7. The number of benzene rings is 8. The lowest BCUT2D eigenvalue weighted by Gasteiger charge is -2.38. The van der Waals surface area contributed by atoms with Gasteiger partial charge >= 0.3 is 6.92 Å². The summed E-state index contributed by atoms with van der Waals surface area (Å²) >= 11 is 0. The molecule has 0 aliphatic carbocycles. The largest absolute Gasteiger partial charge is 0.551 e. The Kier molecular flexibility index (Phi) is 6.67. The van der Waals surface area contributed by atoms with Crippen molar-refractivity contribution in [1.82, 2.24) is 4.57 Å². The van der Waals surface area contributed by atoms with E-state index in [1.54, 1.807) is 0 Å². The standard InChI is InChI=1S/C48H32BNO2Si/c1-4-16-34(17-5-1)53(35-18-6-2-7-19-35,36-20-8-3-9-21-36)37-31-41-40-24-12-15-27-45(40)52-49-42-30-33(28-29-46(42)51-47(32-37)48(41)49)50-43-25-13-10-22-38(43)39-23-11-14-26-44(39)50/h1-32H. The predicted molar refractivity (Wildman–Crippen MR) is 222 cm³/mol. The summed E-state index contributed by atoms with van der Waals surface area (Å²) in [5.41, 5.74) is 7.79. The van der Waals surface area contributed by atoms with Gasteiger partial charge in [-0.15, -0.1) is 0 Å². The smallest absolute Gasteiger partial charge is 0.434 e. The average molecular weight is 694 g/mol. The van der Waals surface area contributed by atoms with Crippen LogP contribution in [0, 0.1) is 0 Å². The Labute approximate surface area is 309 Å². The van der Waals surface area contributed by atoms with Crippen LogP contribution in [0.1, 0.15) is 0 Å². The van der Waals surface area contributed by atoms with Gasteiger partial charge in [0.25, 0.3) is 0 Å². The molecule has 0 atom stereocenters. The Hall–Kier alpha value is -6.56. The molecule has 2 aliphatic rings. The predicted octanol–water partition coefficient (Wildman–Crippen LogP) is 7.43. The van der Waals surface area contributed by atoms with E-state index in [9.17, 15) is 0 Å². The van der Waals surface area contributed by atoms with Crippen molar-refractivity contribution >= 4 is 68.5 Å². The highest BCUT2D eigenvalue weighted by Gasteiger charge is 2.46. The molecule has 0 fully saturated rings. The minimum atomic E-state index is -2.84. The number of para-hydroxylation sites is 3.